The third kappa shape index (κ3) is 3.48. The Morgan fingerprint density at radius 1 is 1.09 bits per heavy atom. The van der Waals surface area contributed by atoms with Gasteiger partial charge >= 0.3 is 6.36 Å². The van der Waals surface area contributed by atoms with Crippen molar-refractivity contribution < 1.29 is 26.3 Å². The van der Waals surface area contributed by atoms with Gasteiger partial charge < -0.3 is 4.74 Å². The number of benzene rings is 1. The molecule has 0 saturated carbocycles. The molecule has 1 heterocycles. The molecular formula is C13H11F3N2O3S. The molecule has 0 fully saturated rings. The first-order valence-corrected chi connectivity index (χ1v) is 7.40. The van der Waals surface area contributed by atoms with Crippen molar-refractivity contribution in [1.82, 2.24) is 4.98 Å². The molecule has 0 spiro atoms. The summed E-state index contributed by atoms with van der Waals surface area (Å²) in [5.41, 5.74) is 0. The van der Waals surface area contributed by atoms with Crippen LogP contribution in [0.25, 0.3) is 0 Å². The number of alkyl halides is 3. The van der Waals surface area contributed by atoms with Crippen LogP contribution < -0.4 is 9.04 Å². The Morgan fingerprint density at radius 3 is 2.32 bits per heavy atom. The Bertz CT molecular complexity index is 749. The summed E-state index contributed by atoms with van der Waals surface area (Å²) in [6.07, 6.45) is -3.62. The number of rotatable bonds is 4. The minimum atomic E-state index is -4.99. The number of hydrogen-bond donors (Lipinski definition) is 0. The van der Waals surface area contributed by atoms with Crippen molar-refractivity contribution in [3.05, 3.63) is 48.7 Å². The molecule has 118 valence electrons. The van der Waals surface area contributed by atoms with E-state index in [1.165, 1.54) is 31.4 Å². The standard InChI is InChI=1S/C13H11F3N2O3S/c1-18(12-8-4-5-9-17-12)22(19,20)11-7-3-2-6-10(11)21-13(14,15)16/h2-9H,1H3. The summed E-state index contributed by atoms with van der Waals surface area (Å²) in [6.45, 7) is 0. The first-order valence-electron chi connectivity index (χ1n) is 5.96. The average molecular weight is 332 g/mol. The zero-order chi connectivity index (χ0) is 16.4. The second-order valence-electron chi connectivity index (χ2n) is 4.16. The molecule has 22 heavy (non-hydrogen) atoms. The van der Waals surface area contributed by atoms with Gasteiger partial charge in [0.05, 0.1) is 0 Å². The lowest BCUT2D eigenvalue weighted by Crippen LogP contribution is -2.28. The summed E-state index contributed by atoms with van der Waals surface area (Å²) in [7, 11) is -3.05. The molecule has 0 unspecified atom stereocenters. The van der Waals surface area contributed by atoms with Gasteiger partial charge in [0.25, 0.3) is 10.0 Å². The van der Waals surface area contributed by atoms with Crippen LogP contribution in [0.2, 0.25) is 0 Å². The molecule has 0 amide bonds. The highest BCUT2D eigenvalue weighted by Gasteiger charge is 2.35. The number of nitrogens with zero attached hydrogens (tertiary/aromatic N) is 2. The van der Waals surface area contributed by atoms with Gasteiger partial charge in [0, 0.05) is 13.2 Å². The fourth-order valence-electron chi connectivity index (χ4n) is 1.68. The lowest BCUT2D eigenvalue weighted by Gasteiger charge is -2.20. The predicted molar refractivity (Wildman–Crippen MR) is 73.0 cm³/mol. The third-order valence-corrected chi connectivity index (χ3v) is 4.49. The predicted octanol–water partition coefficient (Wildman–Crippen LogP) is 2.81. The number of pyridine rings is 1. The van der Waals surface area contributed by atoms with Crippen molar-refractivity contribution in [2.45, 2.75) is 11.3 Å². The van der Waals surface area contributed by atoms with Crippen LogP contribution in [-0.4, -0.2) is 26.8 Å². The highest BCUT2D eigenvalue weighted by Crippen LogP contribution is 2.31. The molecule has 0 aliphatic heterocycles. The fraction of sp³-hybridized carbons (Fsp3) is 0.154. The van der Waals surface area contributed by atoms with Crippen LogP contribution in [0.1, 0.15) is 0 Å². The first-order chi connectivity index (χ1) is 10.2. The molecule has 9 heteroatoms. The van der Waals surface area contributed by atoms with Crippen molar-refractivity contribution in [1.29, 1.82) is 0 Å². The van der Waals surface area contributed by atoms with E-state index in [4.69, 9.17) is 0 Å². The van der Waals surface area contributed by atoms with Crippen molar-refractivity contribution in [3.8, 4) is 5.75 Å². The van der Waals surface area contributed by atoms with E-state index >= 15 is 0 Å². The highest BCUT2D eigenvalue weighted by atomic mass is 32.2. The van der Waals surface area contributed by atoms with E-state index in [0.29, 0.717) is 0 Å². The summed E-state index contributed by atoms with van der Waals surface area (Å²) in [6, 6.07) is 9.10. The van der Waals surface area contributed by atoms with Crippen molar-refractivity contribution in [3.63, 3.8) is 0 Å². The molecule has 5 nitrogen and oxygen atoms in total. The SMILES string of the molecule is CN(c1ccccn1)S(=O)(=O)c1ccccc1OC(F)(F)F. The van der Waals surface area contributed by atoms with Crippen LogP contribution in [0.3, 0.4) is 0 Å². The smallest absolute Gasteiger partial charge is 0.404 e. The van der Waals surface area contributed by atoms with E-state index in [1.54, 1.807) is 12.1 Å². The molecule has 0 aliphatic carbocycles. The molecule has 0 atom stereocenters. The van der Waals surface area contributed by atoms with Gasteiger partial charge in [-0.3, -0.25) is 4.31 Å². The Morgan fingerprint density at radius 2 is 1.73 bits per heavy atom. The fourth-order valence-corrected chi connectivity index (χ4v) is 2.95. The van der Waals surface area contributed by atoms with Gasteiger partial charge in [-0.15, -0.1) is 13.2 Å². The number of anilines is 1. The number of hydrogen-bond acceptors (Lipinski definition) is 4. The van der Waals surface area contributed by atoms with Crippen LogP contribution in [0.15, 0.2) is 53.6 Å². The van der Waals surface area contributed by atoms with Crippen LogP contribution >= 0.6 is 0 Å². The maximum Gasteiger partial charge on any atom is 0.573 e. The van der Waals surface area contributed by atoms with Gasteiger partial charge in [0.2, 0.25) is 0 Å². The van der Waals surface area contributed by atoms with Crippen molar-refractivity contribution >= 4 is 15.8 Å². The lowest BCUT2D eigenvalue weighted by molar-refractivity contribution is -0.275. The number of para-hydroxylation sites is 1. The second-order valence-corrected chi connectivity index (χ2v) is 6.09. The van der Waals surface area contributed by atoms with Crippen LogP contribution in [0.5, 0.6) is 5.75 Å². The second kappa shape index (κ2) is 5.84. The third-order valence-electron chi connectivity index (χ3n) is 2.69. The zero-order valence-corrected chi connectivity index (χ0v) is 12.1. The van der Waals surface area contributed by atoms with Crippen LogP contribution in [0.4, 0.5) is 19.0 Å². The summed E-state index contributed by atoms with van der Waals surface area (Å²) in [5.74, 6) is -0.720. The van der Waals surface area contributed by atoms with Gasteiger partial charge in [-0.25, -0.2) is 13.4 Å². The van der Waals surface area contributed by atoms with Crippen molar-refractivity contribution in [2.75, 3.05) is 11.4 Å². The Balaban J connectivity index is 2.46. The Labute approximate surface area is 125 Å². The molecule has 0 saturated heterocycles. The van der Waals surface area contributed by atoms with Gasteiger partial charge in [0.15, 0.2) is 0 Å². The molecular weight excluding hydrogens is 321 g/mol. The first kappa shape index (κ1) is 16.1. The number of ether oxygens (including phenoxy) is 1. The van der Waals surface area contributed by atoms with Crippen LogP contribution in [-0.2, 0) is 10.0 Å². The highest BCUT2D eigenvalue weighted by molar-refractivity contribution is 7.92. The van der Waals surface area contributed by atoms with Gasteiger partial charge in [-0.2, -0.15) is 0 Å². The summed E-state index contributed by atoms with van der Waals surface area (Å²) in [4.78, 5) is 3.26. The minimum Gasteiger partial charge on any atom is -0.404 e. The van der Waals surface area contributed by atoms with E-state index in [9.17, 15) is 21.6 Å². The summed E-state index contributed by atoms with van der Waals surface area (Å²) >= 11 is 0. The molecule has 0 N–H and O–H groups in total. The lowest BCUT2D eigenvalue weighted by atomic mass is 10.3. The molecule has 0 bridgehead atoms. The molecule has 0 radical (unpaired) electrons. The van der Waals surface area contributed by atoms with E-state index in [0.717, 1.165) is 16.4 Å². The maximum atomic E-state index is 12.5. The van der Waals surface area contributed by atoms with Gasteiger partial charge in [-0.1, -0.05) is 18.2 Å². The van der Waals surface area contributed by atoms with E-state index in [1.807, 2.05) is 0 Å². The quantitative estimate of drug-likeness (QED) is 0.864. The molecule has 1 aromatic carbocycles. The number of sulfonamides is 1. The Hall–Kier alpha value is -2.29. The number of halogens is 3. The van der Waals surface area contributed by atoms with Crippen LogP contribution in [0, 0.1) is 0 Å². The molecule has 2 rings (SSSR count). The number of aromatic nitrogens is 1. The summed E-state index contributed by atoms with van der Waals surface area (Å²) < 4.78 is 66.7. The van der Waals surface area contributed by atoms with Crippen molar-refractivity contribution in [2.24, 2.45) is 0 Å². The van der Waals surface area contributed by atoms with E-state index in [-0.39, 0.29) is 5.82 Å². The van der Waals surface area contributed by atoms with Gasteiger partial charge in [-0.05, 0) is 24.3 Å². The molecule has 0 aliphatic rings. The monoisotopic (exact) mass is 332 g/mol. The molecule has 1 aromatic heterocycles. The largest absolute Gasteiger partial charge is 0.573 e. The maximum absolute atomic E-state index is 12.5. The normalized spacial score (nSPS) is 12.0. The average Bonchev–Trinajstić information content (AvgIpc) is 2.46. The molecule has 2 aromatic rings. The van der Waals surface area contributed by atoms with E-state index in [2.05, 4.69) is 9.72 Å². The minimum absolute atomic E-state index is 0.0734. The Kier molecular flexibility index (Phi) is 4.27. The zero-order valence-electron chi connectivity index (χ0n) is 11.3. The van der Waals surface area contributed by atoms with Gasteiger partial charge in [0.1, 0.15) is 16.5 Å². The topological polar surface area (TPSA) is 59.5 Å². The van der Waals surface area contributed by atoms with E-state index < -0.39 is 27.0 Å². The summed E-state index contributed by atoms with van der Waals surface area (Å²) in [5, 5.41) is 0.